The molecule has 0 bridgehead atoms. The minimum atomic E-state index is -3.55. The smallest absolute Gasteiger partial charge is 0.253 e. The van der Waals surface area contributed by atoms with Crippen LogP contribution in [0.3, 0.4) is 0 Å². The van der Waals surface area contributed by atoms with Crippen molar-refractivity contribution < 1.29 is 17.9 Å². The number of ether oxygens (including phenoxy) is 1. The highest BCUT2D eigenvalue weighted by Crippen LogP contribution is 2.24. The molecule has 2 aliphatic heterocycles. The fraction of sp³-hybridized carbons (Fsp3) is 0.500. The summed E-state index contributed by atoms with van der Waals surface area (Å²) in [6.07, 6.45) is 6.04. The number of anilines is 1. The number of morpholine rings is 1. The lowest BCUT2D eigenvalue weighted by Gasteiger charge is -2.35. The molecule has 2 fully saturated rings. The Balaban J connectivity index is 1.21. The highest BCUT2D eigenvalue weighted by atomic mass is 32.2. The van der Waals surface area contributed by atoms with Crippen LogP contribution in [0.25, 0.3) is 0 Å². The molecule has 8 nitrogen and oxygen atoms in total. The van der Waals surface area contributed by atoms with Crippen molar-refractivity contribution in [3.05, 3.63) is 53.2 Å². The van der Waals surface area contributed by atoms with Crippen molar-refractivity contribution in [1.29, 1.82) is 0 Å². The summed E-state index contributed by atoms with van der Waals surface area (Å²) >= 11 is 0. The average molecular weight is 471 g/mol. The first-order valence-corrected chi connectivity index (χ1v) is 13.2. The number of aryl methyl sites for hydroxylation is 2. The SMILES string of the molecule is O=C(c1ccc2c(c1)CCCC2)N1CCN(c2ccc(S(=O)(=O)N3CCOCC3)cn2)CC1. The van der Waals surface area contributed by atoms with Crippen molar-refractivity contribution in [3.63, 3.8) is 0 Å². The topological polar surface area (TPSA) is 83.1 Å². The first-order chi connectivity index (χ1) is 16.0. The summed E-state index contributed by atoms with van der Waals surface area (Å²) in [6, 6.07) is 9.55. The van der Waals surface area contributed by atoms with Gasteiger partial charge in [0.15, 0.2) is 0 Å². The normalized spacial score (nSPS) is 19.9. The molecule has 176 valence electrons. The van der Waals surface area contributed by atoms with Crippen LogP contribution in [0.15, 0.2) is 41.4 Å². The number of pyridine rings is 1. The molecule has 3 aliphatic rings. The van der Waals surface area contributed by atoms with Crippen LogP contribution < -0.4 is 4.90 Å². The van der Waals surface area contributed by atoms with E-state index < -0.39 is 10.0 Å². The number of hydrogen-bond donors (Lipinski definition) is 0. The van der Waals surface area contributed by atoms with Gasteiger partial charge in [0.2, 0.25) is 10.0 Å². The molecule has 0 unspecified atom stereocenters. The molecular formula is C24H30N4O4S. The maximum absolute atomic E-state index is 13.0. The molecule has 0 saturated carbocycles. The van der Waals surface area contributed by atoms with Crippen molar-refractivity contribution in [2.24, 2.45) is 0 Å². The van der Waals surface area contributed by atoms with Crippen LogP contribution in [0.2, 0.25) is 0 Å². The van der Waals surface area contributed by atoms with E-state index in [2.05, 4.69) is 22.0 Å². The van der Waals surface area contributed by atoms with Crippen molar-refractivity contribution in [1.82, 2.24) is 14.2 Å². The third-order valence-corrected chi connectivity index (χ3v) is 8.70. The maximum Gasteiger partial charge on any atom is 0.253 e. The summed E-state index contributed by atoms with van der Waals surface area (Å²) < 4.78 is 32.3. The van der Waals surface area contributed by atoms with E-state index in [0.717, 1.165) is 24.2 Å². The summed E-state index contributed by atoms with van der Waals surface area (Å²) in [7, 11) is -3.55. The zero-order valence-corrected chi connectivity index (χ0v) is 19.6. The number of carbonyl (C=O) groups excluding carboxylic acids is 1. The summed E-state index contributed by atoms with van der Waals surface area (Å²) in [4.78, 5) is 21.7. The Morgan fingerprint density at radius 3 is 2.30 bits per heavy atom. The van der Waals surface area contributed by atoms with E-state index >= 15 is 0 Å². The van der Waals surface area contributed by atoms with Crippen molar-refractivity contribution in [3.8, 4) is 0 Å². The molecule has 0 atom stereocenters. The molecule has 2 saturated heterocycles. The van der Waals surface area contributed by atoms with Gasteiger partial charge in [0, 0.05) is 51.0 Å². The van der Waals surface area contributed by atoms with Gasteiger partial charge in [-0.2, -0.15) is 4.31 Å². The Bertz CT molecular complexity index is 1110. The first-order valence-electron chi connectivity index (χ1n) is 11.7. The number of piperazine rings is 1. The van der Waals surface area contributed by atoms with Crippen LogP contribution in [0.1, 0.15) is 34.3 Å². The second kappa shape index (κ2) is 9.40. The largest absolute Gasteiger partial charge is 0.379 e. The van der Waals surface area contributed by atoms with Gasteiger partial charge in [0.25, 0.3) is 5.91 Å². The second-order valence-corrected chi connectivity index (χ2v) is 10.8. The van der Waals surface area contributed by atoms with Gasteiger partial charge in [-0.15, -0.1) is 0 Å². The van der Waals surface area contributed by atoms with E-state index in [-0.39, 0.29) is 10.8 Å². The van der Waals surface area contributed by atoms with Gasteiger partial charge in [-0.1, -0.05) is 6.07 Å². The van der Waals surface area contributed by atoms with E-state index in [1.54, 1.807) is 12.1 Å². The number of amides is 1. The van der Waals surface area contributed by atoms with Crippen molar-refractivity contribution in [2.75, 3.05) is 57.4 Å². The highest BCUT2D eigenvalue weighted by molar-refractivity contribution is 7.89. The highest BCUT2D eigenvalue weighted by Gasteiger charge is 2.28. The van der Waals surface area contributed by atoms with Gasteiger partial charge in [-0.3, -0.25) is 4.79 Å². The molecule has 9 heteroatoms. The molecular weight excluding hydrogens is 440 g/mol. The summed E-state index contributed by atoms with van der Waals surface area (Å²) in [5.41, 5.74) is 3.48. The quantitative estimate of drug-likeness (QED) is 0.679. The third kappa shape index (κ3) is 4.62. The Kier molecular flexibility index (Phi) is 6.36. The van der Waals surface area contributed by atoms with Gasteiger partial charge in [-0.25, -0.2) is 13.4 Å². The maximum atomic E-state index is 13.0. The molecule has 0 spiro atoms. The molecule has 1 amide bonds. The molecule has 1 aliphatic carbocycles. The third-order valence-electron chi connectivity index (χ3n) is 6.81. The Labute approximate surface area is 195 Å². The standard InChI is InChI=1S/C24H30N4O4S/c29-24(21-6-5-19-3-1-2-4-20(19)17-21)27-11-9-26(10-12-27)23-8-7-22(18-25-23)33(30,31)28-13-15-32-16-14-28/h5-8,17-18H,1-4,9-16H2. The summed E-state index contributed by atoms with van der Waals surface area (Å²) in [5, 5.41) is 0. The summed E-state index contributed by atoms with van der Waals surface area (Å²) in [6.45, 7) is 4.13. The van der Waals surface area contributed by atoms with E-state index in [0.29, 0.717) is 52.5 Å². The van der Waals surface area contributed by atoms with Crippen LogP contribution in [0, 0.1) is 0 Å². The fourth-order valence-corrected chi connectivity index (χ4v) is 6.19. The van der Waals surface area contributed by atoms with E-state index in [1.165, 1.54) is 34.5 Å². The molecule has 3 heterocycles. The lowest BCUT2D eigenvalue weighted by molar-refractivity contribution is 0.0730. The number of carbonyl (C=O) groups is 1. The average Bonchev–Trinajstić information content (AvgIpc) is 2.88. The minimum Gasteiger partial charge on any atom is -0.379 e. The number of aromatic nitrogens is 1. The van der Waals surface area contributed by atoms with Gasteiger partial charge in [0.1, 0.15) is 10.7 Å². The van der Waals surface area contributed by atoms with Gasteiger partial charge in [-0.05, 0) is 61.1 Å². The van der Waals surface area contributed by atoms with E-state index in [4.69, 9.17) is 4.74 Å². The van der Waals surface area contributed by atoms with Gasteiger partial charge in [0.05, 0.1) is 13.2 Å². The van der Waals surface area contributed by atoms with E-state index in [9.17, 15) is 13.2 Å². The molecule has 0 radical (unpaired) electrons. The van der Waals surface area contributed by atoms with Gasteiger partial charge < -0.3 is 14.5 Å². The summed E-state index contributed by atoms with van der Waals surface area (Å²) in [5.74, 6) is 0.819. The van der Waals surface area contributed by atoms with Crippen LogP contribution in [-0.4, -0.2) is 81.0 Å². The molecule has 1 aromatic heterocycles. The Morgan fingerprint density at radius 2 is 1.61 bits per heavy atom. The Morgan fingerprint density at radius 1 is 0.879 bits per heavy atom. The number of sulfonamides is 1. The lowest BCUT2D eigenvalue weighted by atomic mass is 9.90. The van der Waals surface area contributed by atoms with Crippen molar-refractivity contribution in [2.45, 2.75) is 30.6 Å². The monoisotopic (exact) mass is 470 g/mol. The number of rotatable bonds is 4. The molecule has 1 aromatic carbocycles. The van der Waals surface area contributed by atoms with Crippen molar-refractivity contribution >= 4 is 21.7 Å². The number of hydrogen-bond acceptors (Lipinski definition) is 6. The number of benzene rings is 1. The number of fused-ring (bicyclic) bond motifs is 1. The zero-order chi connectivity index (χ0) is 22.8. The molecule has 0 N–H and O–H groups in total. The second-order valence-electron chi connectivity index (χ2n) is 8.84. The van der Waals surface area contributed by atoms with Crippen LogP contribution in [-0.2, 0) is 27.6 Å². The fourth-order valence-electron chi connectivity index (χ4n) is 4.84. The van der Waals surface area contributed by atoms with Crippen LogP contribution in [0.5, 0.6) is 0 Å². The number of nitrogens with zero attached hydrogens (tertiary/aromatic N) is 4. The molecule has 33 heavy (non-hydrogen) atoms. The predicted octanol–water partition coefficient (Wildman–Crippen LogP) is 1.94. The van der Waals surface area contributed by atoms with E-state index in [1.807, 2.05) is 11.0 Å². The molecule has 2 aromatic rings. The van der Waals surface area contributed by atoms with Crippen LogP contribution >= 0.6 is 0 Å². The minimum absolute atomic E-state index is 0.0861. The predicted molar refractivity (Wildman–Crippen MR) is 125 cm³/mol. The zero-order valence-electron chi connectivity index (χ0n) is 18.8. The molecule has 5 rings (SSSR count). The lowest BCUT2D eigenvalue weighted by Crippen LogP contribution is -2.49. The first kappa shape index (κ1) is 22.3. The van der Waals surface area contributed by atoms with Gasteiger partial charge >= 0.3 is 0 Å². The Hall–Kier alpha value is -2.49. The van der Waals surface area contributed by atoms with Crippen LogP contribution in [0.4, 0.5) is 5.82 Å².